The van der Waals surface area contributed by atoms with Crippen LogP contribution in [0, 0.1) is 5.92 Å². The van der Waals surface area contributed by atoms with Gasteiger partial charge in [0.1, 0.15) is 0 Å². The summed E-state index contributed by atoms with van der Waals surface area (Å²) < 4.78 is 24.9. The van der Waals surface area contributed by atoms with Crippen LogP contribution in [-0.4, -0.2) is 38.0 Å². The van der Waals surface area contributed by atoms with E-state index in [1.807, 2.05) is 18.2 Å². The summed E-state index contributed by atoms with van der Waals surface area (Å²) in [5.41, 5.74) is 3.50. The van der Waals surface area contributed by atoms with Crippen molar-refractivity contribution in [3.8, 4) is 0 Å². The number of benzene rings is 2. The van der Waals surface area contributed by atoms with Gasteiger partial charge in [-0.15, -0.1) is 0 Å². The zero-order valence-corrected chi connectivity index (χ0v) is 15.1. The van der Waals surface area contributed by atoms with E-state index < -0.39 is 10.0 Å². The van der Waals surface area contributed by atoms with Crippen molar-refractivity contribution in [2.75, 3.05) is 24.7 Å². The molecule has 132 valence electrons. The molecule has 1 amide bonds. The Bertz CT molecular complexity index is 942. The number of aryl methyl sites for hydroxylation is 2. The predicted octanol–water partition coefficient (Wildman–Crippen LogP) is 2.55. The minimum absolute atomic E-state index is 0.0907. The topological polar surface area (TPSA) is 66.5 Å². The fourth-order valence-electron chi connectivity index (χ4n) is 4.05. The van der Waals surface area contributed by atoms with Crippen molar-refractivity contribution < 1.29 is 13.2 Å². The molecule has 2 aliphatic rings. The molecule has 1 atom stereocenters. The molecule has 4 rings (SSSR count). The van der Waals surface area contributed by atoms with Crippen LogP contribution in [0.15, 0.2) is 30.3 Å². The standard InChI is InChI=1S/C19H22N2O3S/c1-25(23,24)21-11-3-5-15(12-21)19(22)20-17-10-9-14-8-7-13-4-2-6-16(17)18(13)14/h2,4,6,9-10,15H,3,5,7-8,11-12H2,1H3,(H,20,22). The molecule has 0 saturated carbocycles. The minimum atomic E-state index is -3.25. The first kappa shape index (κ1) is 16.5. The molecule has 1 saturated heterocycles. The number of nitrogens with one attached hydrogen (secondary N) is 1. The lowest BCUT2D eigenvalue weighted by molar-refractivity contribution is -0.120. The van der Waals surface area contributed by atoms with Gasteiger partial charge in [-0.05, 0) is 48.3 Å². The Balaban J connectivity index is 1.59. The van der Waals surface area contributed by atoms with E-state index >= 15 is 0 Å². The van der Waals surface area contributed by atoms with Gasteiger partial charge in [-0.3, -0.25) is 4.79 Å². The normalized spacial score (nSPS) is 20.8. The molecule has 1 N–H and O–H groups in total. The third-order valence-corrected chi connectivity index (χ3v) is 6.63. The molecule has 1 unspecified atom stereocenters. The summed E-state index contributed by atoms with van der Waals surface area (Å²) in [5.74, 6) is -0.390. The maximum absolute atomic E-state index is 12.7. The van der Waals surface area contributed by atoms with E-state index in [-0.39, 0.29) is 18.4 Å². The molecule has 5 nitrogen and oxygen atoms in total. The van der Waals surface area contributed by atoms with Crippen molar-refractivity contribution in [3.05, 3.63) is 41.5 Å². The fourth-order valence-corrected chi connectivity index (χ4v) is 4.96. The molecule has 2 aromatic carbocycles. The first-order valence-corrected chi connectivity index (χ1v) is 10.6. The lowest BCUT2D eigenvalue weighted by atomic mass is 9.98. The average molecular weight is 358 g/mol. The van der Waals surface area contributed by atoms with Crippen LogP contribution in [0.3, 0.4) is 0 Å². The highest BCUT2D eigenvalue weighted by molar-refractivity contribution is 7.88. The summed E-state index contributed by atoms with van der Waals surface area (Å²) in [6.45, 7) is 0.773. The largest absolute Gasteiger partial charge is 0.325 e. The molecule has 25 heavy (non-hydrogen) atoms. The second kappa shape index (κ2) is 6.11. The maximum atomic E-state index is 12.7. The Kier molecular flexibility index (Phi) is 4.04. The van der Waals surface area contributed by atoms with Crippen molar-refractivity contribution >= 4 is 32.4 Å². The highest BCUT2D eigenvalue weighted by Crippen LogP contribution is 2.35. The molecular formula is C19H22N2O3S. The SMILES string of the molecule is CS(=O)(=O)N1CCCC(C(=O)Nc2ccc3c4c(cccc24)CC3)C1. The van der Waals surface area contributed by atoms with Gasteiger partial charge in [0, 0.05) is 24.2 Å². The smallest absolute Gasteiger partial charge is 0.228 e. The summed E-state index contributed by atoms with van der Waals surface area (Å²) in [5, 5.41) is 5.39. The third-order valence-electron chi connectivity index (χ3n) is 5.36. The second-order valence-corrected chi connectivity index (χ2v) is 9.04. The molecule has 1 aliphatic carbocycles. The highest BCUT2D eigenvalue weighted by Gasteiger charge is 2.30. The molecule has 0 aromatic heterocycles. The summed E-state index contributed by atoms with van der Waals surface area (Å²) in [6, 6.07) is 10.3. The maximum Gasteiger partial charge on any atom is 0.228 e. The van der Waals surface area contributed by atoms with Crippen LogP contribution in [-0.2, 0) is 27.7 Å². The van der Waals surface area contributed by atoms with Gasteiger partial charge < -0.3 is 5.32 Å². The molecule has 0 bridgehead atoms. The molecule has 6 heteroatoms. The van der Waals surface area contributed by atoms with E-state index in [9.17, 15) is 13.2 Å². The molecule has 1 fully saturated rings. The third kappa shape index (κ3) is 3.04. The van der Waals surface area contributed by atoms with Crippen molar-refractivity contribution in [1.82, 2.24) is 4.31 Å². The van der Waals surface area contributed by atoms with Crippen molar-refractivity contribution in [1.29, 1.82) is 0 Å². The minimum Gasteiger partial charge on any atom is -0.325 e. The van der Waals surface area contributed by atoms with E-state index in [1.165, 1.54) is 27.1 Å². The number of nitrogens with zero attached hydrogens (tertiary/aromatic N) is 1. The highest BCUT2D eigenvalue weighted by atomic mass is 32.2. The Morgan fingerprint density at radius 2 is 1.92 bits per heavy atom. The van der Waals surface area contributed by atoms with Crippen LogP contribution in [0.5, 0.6) is 0 Å². The molecular weight excluding hydrogens is 336 g/mol. The van der Waals surface area contributed by atoms with Crippen molar-refractivity contribution in [2.45, 2.75) is 25.7 Å². The second-order valence-electron chi connectivity index (χ2n) is 7.06. The van der Waals surface area contributed by atoms with E-state index in [1.54, 1.807) is 0 Å². The van der Waals surface area contributed by atoms with Crippen LogP contribution in [0.25, 0.3) is 10.8 Å². The Hall–Kier alpha value is -1.92. The molecule has 1 heterocycles. The number of piperidine rings is 1. The van der Waals surface area contributed by atoms with Crippen LogP contribution < -0.4 is 5.32 Å². The number of sulfonamides is 1. The van der Waals surface area contributed by atoms with Crippen LogP contribution in [0.1, 0.15) is 24.0 Å². The van der Waals surface area contributed by atoms with Gasteiger partial charge in [-0.2, -0.15) is 0 Å². The van der Waals surface area contributed by atoms with Gasteiger partial charge in [0.2, 0.25) is 15.9 Å². The lowest BCUT2D eigenvalue weighted by Crippen LogP contribution is -2.43. The monoisotopic (exact) mass is 358 g/mol. The number of rotatable bonds is 3. The van der Waals surface area contributed by atoms with Crippen molar-refractivity contribution in [3.63, 3.8) is 0 Å². The summed E-state index contributed by atoms with van der Waals surface area (Å²) >= 11 is 0. The number of hydrogen-bond donors (Lipinski definition) is 1. The fraction of sp³-hybridized carbons (Fsp3) is 0.421. The number of amides is 1. The quantitative estimate of drug-likeness (QED) is 0.917. The Labute approximate surface area is 148 Å². The van der Waals surface area contributed by atoms with Gasteiger partial charge in [0.15, 0.2) is 0 Å². The summed E-state index contributed by atoms with van der Waals surface area (Å²) in [6.07, 6.45) is 4.75. The average Bonchev–Trinajstić information content (AvgIpc) is 3.01. The van der Waals surface area contributed by atoms with E-state index in [2.05, 4.69) is 17.4 Å². The van der Waals surface area contributed by atoms with E-state index in [0.717, 1.165) is 36.8 Å². The van der Waals surface area contributed by atoms with Crippen molar-refractivity contribution in [2.24, 2.45) is 5.92 Å². The number of carbonyl (C=O) groups is 1. The summed E-state index contributed by atoms with van der Waals surface area (Å²) in [4.78, 5) is 12.7. The van der Waals surface area contributed by atoms with E-state index in [0.29, 0.717) is 6.54 Å². The zero-order valence-electron chi connectivity index (χ0n) is 14.3. The van der Waals surface area contributed by atoms with Gasteiger partial charge in [0.05, 0.1) is 12.2 Å². The van der Waals surface area contributed by atoms with Gasteiger partial charge in [0.25, 0.3) is 0 Å². The van der Waals surface area contributed by atoms with Gasteiger partial charge >= 0.3 is 0 Å². The Morgan fingerprint density at radius 3 is 2.68 bits per heavy atom. The van der Waals surface area contributed by atoms with Gasteiger partial charge in [-0.25, -0.2) is 12.7 Å². The van der Waals surface area contributed by atoms with Gasteiger partial charge in [-0.1, -0.05) is 24.3 Å². The lowest BCUT2D eigenvalue weighted by Gasteiger charge is -2.30. The molecule has 1 aliphatic heterocycles. The molecule has 0 radical (unpaired) electrons. The molecule has 0 spiro atoms. The number of carbonyl (C=O) groups excluding carboxylic acids is 1. The molecule has 2 aromatic rings. The first-order valence-electron chi connectivity index (χ1n) is 8.73. The number of hydrogen-bond acceptors (Lipinski definition) is 3. The summed E-state index contributed by atoms with van der Waals surface area (Å²) in [7, 11) is -3.25. The van der Waals surface area contributed by atoms with E-state index in [4.69, 9.17) is 0 Å². The Morgan fingerprint density at radius 1 is 1.16 bits per heavy atom. The number of anilines is 1. The first-order chi connectivity index (χ1) is 11.9. The zero-order chi connectivity index (χ0) is 17.6. The van der Waals surface area contributed by atoms with Crippen LogP contribution in [0.2, 0.25) is 0 Å². The predicted molar refractivity (Wildman–Crippen MR) is 99.1 cm³/mol. The van der Waals surface area contributed by atoms with Crippen LogP contribution in [0.4, 0.5) is 5.69 Å². The van der Waals surface area contributed by atoms with Crippen LogP contribution >= 0.6 is 0 Å².